The van der Waals surface area contributed by atoms with Crippen LogP contribution in [0.5, 0.6) is 0 Å². The van der Waals surface area contributed by atoms with Crippen molar-refractivity contribution in [3.05, 3.63) is 35.6 Å². The monoisotopic (exact) mass is 205 g/mol. The van der Waals surface area contributed by atoms with Crippen LogP contribution in [0.1, 0.15) is 32.3 Å². The molecule has 0 fully saturated rings. The molecule has 1 atom stereocenters. The fraction of sp³-hybridized carbons (Fsp3) is 0.462. The predicted octanol–water partition coefficient (Wildman–Crippen LogP) is 3.34. The molecular formula is C13H16FN. The van der Waals surface area contributed by atoms with E-state index in [1.54, 1.807) is 0 Å². The highest BCUT2D eigenvalue weighted by atomic mass is 19.1. The molecule has 0 spiro atoms. The van der Waals surface area contributed by atoms with E-state index in [9.17, 15) is 4.39 Å². The Hall–Kier alpha value is -1.18. The summed E-state index contributed by atoms with van der Waals surface area (Å²) in [5, 5.41) is 0. The quantitative estimate of drug-likeness (QED) is 0.666. The van der Waals surface area contributed by atoms with Crippen molar-refractivity contribution in [1.29, 1.82) is 0 Å². The number of rotatable bonds is 1. The molecule has 0 bridgehead atoms. The van der Waals surface area contributed by atoms with Crippen LogP contribution in [0, 0.1) is 5.82 Å². The summed E-state index contributed by atoms with van der Waals surface area (Å²) in [5.41, 5.74) is 2.52. The zero-order chi connectivity index (χ0) is 10.9. The summed E-state index contributed by atoms with van der Waals surface area (Å²) in [6.07, 6.45) is 2.15. The van der Waals surface area contributed by atoms with Crippen molar-refractivity contribution in [3.63, 3.8) is 0 Å². The fourth-order valence-electron chi connectivity index (χ4n) is 2.01. The topological polar surface area (TPSA) is 12.4 Å². The van der Waals surface area contributed by atoms with Crippen molar-refractivity contribution < 1.29 is 4.39 Å². The van der Waals surface area contributed by atoms with E-state index < -0.39 is 0 Å². The zero-order valence-corrected chi connectivity index (χ0v) is 9.26. The first-order valence-corrected chi connectivity index (χ1v) is 5.36. The van der Waals surface area contributed by atoms with Gasteiger partial charge in [0.05, 0.1) is 0 Å². The van der Waals surface area contributed by atoms with Gasteiger partial charge in [-0.3, -0.25) is 4.99 Å². The fourth-order valence-corrected chi connectivity index (χ4v) is 2.01. The lowest BCUT2D eigenvalue weighted by atomic mass is 9.76. The maximum atomic E-state index is 12.8. The predicted molar refractivity (Wildman–Crippen MR) is 61.0 cm³/mol. The number of benzene rings is 1. The van der Waals surface area contributed by atoms with Crippen LogP contribution in [0.25, 0.3) is 0 Å². The Morgan fingerprint density at radius 2 is 1.93 bits per heavy atom. The van der Waals surface area contributed by atoms with Crippen LogP contribution in [0.15, 0.2) is 29.3 Å². The van der Waals surface area contributed by atoms with Gasteiger partial charge in [0.2, 0.25) is 0 Å². The average molecular weight is 205 g/mol. The van der Waals surface area contributed by atoms with E-state index >= 15 is 0 Å². The maximum Gasteiger partial charge on any atom is 0.123 e. The minimum Gasteiger partial charge on any atom is -0.294 e. The third-order valence-corrected chi connectivity index (χ3v) is 3.28. The van der Waals surface area contributed by atoms with Gasteiger partial charge in [-0.15, -0.1) is 0 Å². The SMILES string of the molecule is CC1=NCC(C)(c2ccc(F)cc2)CC1. The van der Waals surface area contributed by atoms with Gasteiger partial charge in [-0.05, 0) is 37.5 Å². The van der Waals surface area contributed by atoms with E-state index in [0.29, 0.717) is 0 Å². The summed E-state index contributed by atoms with van der Waals surface area (Å²) >= 11 is 0. The first kappa shape index (κ1) is 10.3. The van der Waals surface area contributed by atoms with Crippen molar-refractivity contribution in [3.8, 4) is 0 Å². The minimum absolute atomic E-state index is 0.0905. The van der Waals surface area contributed by atoms with Gasteiger partial charge in [0, 0.05) is 17.7 Å². The van der Waals surface area contributed by atoms with Crippen molar-refractivity contribution in [1.82, 2.24) is 0 Å². The molecule has 1 aromatic rings. The lowest BCUT2D eigenvalue weighted by Crippen LogP contribution is -2.30. The summed E-state index contributed by atoms with van der Waals surface area (Å²) in [7, 11) is 0. The molecule has 1 heterocycles. The Morgan fingerprint density at radius 1 is 1.27 bits per heavy atom. The molecule has 1 nitrogen and oxygen atoms in total. The van der Waals surface area contributed by atoms with Crippen LogP contribution in [0.3, 0.4) is 0 Å². The summed E-state index contributed by atoms with van der Waals surface area (Å²) in [4.78, 5) is 4.50. The van der Waals surface area contributed by atoms with Gasteiger partial charge in [-0.1, -0.05) is 19.1 Å². The largest absolute Gasteiger partial charge is 0.294 e. The van der Waals surface area contributed by atoms with Crippen molar-refractivity contribution in [2.45, 2.75) is 32.1 Å². The molecule has 0 aromatic heterocycles. The van der Waals surface area contributed by atoms with E-state index in [4.69, 9.17) is 0 Å². The van der Waals surface area contributed by atoms with Gasteiger partial charge >= 0.3 is 0 Å². The van der Waals surface area contributed by atoms with Crippen LogP contribution in [0.4, 0.5) is 4.39 Å². The Morgan fingerprint density at radius 3 is 2.47 bits per heavy atom. The summed E-state index contributed by atoms with van der Waals surface area (Å²) in [6, 6.07) is 6.83. The first-order chi connectivity index (χ1) is 7.10. The zero-order valence-electron chi connectivity index (χ0n) is 9.26. The van der Waals surface area contributed by atoms with E-state index in [-0.39, 0.29) is 11.2 Å². The maximum absolute atomic E-state index is 12.8. The highest BCUT2D eigenvalue weighted by molar-refractivity contribution is 5.82. The molecule has 2 rings (SSSR count). The van der Waals surface area contributed by atoms with Gasteiger partial charge in [0.25, 0.3) is 0 Å². The van der Waals surface area contributed by atoms with Crippen molar-refractivity contribution in [2.24, 2.45) is 4.99 Å². The smallest absolute Gasteiger partial charge is 0.123 e. The second-order valence-electron chi connectivity index (χ2n) is 4.62. The molecule has 0 saturated carbocycles. The summed E-state index contributed by atoms with van der Waals surface area (Å²) in [5.74, 6) is -0.169. The average Bonchev–Trinajstić information content (AvgIpc) is 2.24. The Balaban J connectivity index is 2.27. The minimum atomic E-state index is -0.169. The summed E-state index contributed by atoms with van der Waals surface area (Å²) in [6.45, 7) is 5.10. The Bertz CT molecular complexity index is 380. The second-order valence-corrected chi connectivity index (χ2v) is 4.62. The molecular weight excluding hydrogens is 189 g/mol. The molecule has 0 aliphatic carbocycles. The van der Waals surface area contributed by atoms with Crippen molar-refractivity contribution in [2.75, 3.05) is 6.54 Å². The molecule has 1 aliphatic rings. The normalized spacial score (nSPS) is 26.2. The van der Waals surface area contributed by atoms with E-state index in [1.165, 1.54) is 23.4 Å². The third kappa shape index (κ3) is 2.09. The van der Waals surface area contributed by atoms with Crippen molar-refractivity contribution >= 4 is 5.71 Å². The Kier molecular flexibility index (Phi) is 2.59. The van der Waals surface area contributed by atoms with Crippen LogP contribution < -0.4 is 0 Å². The van der Waals surface area contributed by atoms with Gasteiger partial charge < -0.3 is 0 Å². The number of aliphatic imine (C=N–C) groups is 1. The van der Waals surface area contributed by atoms with E-state index in [1.807, 2.05) is 12.1 Å². The van der Waals surface area contributed by atoms with Gasteiger partial charge in [-0.2, -0.15) is 0 Å². The molecule has 0 amide bonds. The van der Waals surface area contributed by atoms with Gasteiger partial charge in [0.1, 0.15) is 5.82 Å². The number of nitrogens with zero attached hydrogens (tertiary/aromatic N) is 1. The molecule has 15 heavy (non-hydrogen) atoms. The molecule has 0 radical (unpaired) electrons. The molecule has 80 valence electrons. The van der Waals surface area contributed by atoms with Crippen LogP contribution >= 0.6 is 0 Å². The molecule has 0 saturated heterocycles. The summed E-state index contributed by atoms with van der Waals surface area (Å²) < 4.78 is 12.8. The number of hydrogen-bond acceptors (Lipinski definition) is 1. The molecule has 2 heteroatoms. The lowest BCUT2D eigenvalue weighted by molar-refractivity contribution is 0.438. The van der Waals surface area contributed by atoms with Crippen LogP contribution in [0.2, 0.25) is 0 Å². The van der Waals surface area contributed by atoms with Crippen LogP contribution in [-0.2, 0) is 5.41 Å². The lowest BCUT2D eigenvalue weighted by Gasteiger charge is -2.32. The van der Waals surface area contributed by atoms with Gasteiger partial charge in [-0.25, -0.2) is 4.39 Å². The molecule has 0 N–H and O–H groups in total. The molecule has 1 aromatic carbocycles. The molecule has 1 unspecified atom stereocenters. The Labute approximate surface area is 90.0 Å². The highest BCUT2D eigenvalue weighted by Gasteiger charge is 2.28. The number of hydrogen-bond donors (Lipinski definition) is 0. The number of halogens is 1. The third-order valence-electron chi connectivity index (χ3n) is 3.28. The van der Waals surface area contributed by atoms with Gasteiger partial charge in [0.15, 0.2) is 0 Å². The standard InChI is InChI=1S/C13H16FN/c1-10-7-8-13(2,9-15-10)11-3-5-12(14)6-4-11/h3-6H,7-9H2,1-2H3. The van der Waals surface area contributed by atoms with E-state index in [2.05, 4.69) is 18.8 Å². The second kappa shape index (κ2) is 3.76. The molecule has 1 aliphatic heterocycles. The highest BCUT2D eigenvalue weighted by Crippen LogP contribution is 2.32. The van der Waals surface area contributed by atoms with Crippen LogP contribution in [-0.4, -0.2) is 12.3 Å². The first-order valence-electron chi connectivity index (χ1n) is 5.36. The van der Waals surface area contributed by atoms with E-state index in [0.717, 1.165) is 19.4 Å².